The van der Waals surface area contributed by atoms with Gasteiger partial charge >= 0.3 is 5.97 Å². The fraction of sp³-hybridized carbons (Fsp3) is 0.321. The number of ether oxygens (including phenoxy) is 1. The van der Waals surface area contributed by atoms with Crippen molar-refractivity contribution in [2.75, 3.05) is 7.11 Å². The summed E-state index contributed by atoms with van der Waals surface area (Å²) in [5.41, 5.74) is 4.10. The third-order valence-corrected chi connectivity index (χ3v) is 7.15. The summed E-state index contributed by atoms with van der Waals surface area (Å²) >= 11 is 0. The van der Waals surface area contributed by atoms with E-state index in [0.717, 1.165) is 58.7 Å². The lowest BCUT2D eigenvalue weighted by Crippen LogP contribution is -2.37. The van der Waals surface area contributed by atoms with Crippen molar-refractivity contribution in [3.63, 3.8) is 0 Å². The second-order valence-electron chi connectivity index (χ2n) is 9.23. The summed E-state index contributed by atoms with van der Waals surface area (Å²) in [5, 5.41) is 4.99. The smallest absolute Gasteiger partial charge is 0.325 e. The average molecular weight is 474 g/mol. The van der Waals surface area contributed by atoms with Crippen molar-refractivity contribution in [1.82, 2.24) is 14.9 Å². The molecular formula is C28H28FN3O3. The van der Waals surface area contributed by atoms with E-state index in [1.54, 1.807) is 18.2 Å². The molecule has 0 aliphatic heterocycles. The van der Waals surface area contributed by atoms with E-state index >= 15 is 0 Å². The molecule has 1 aliphatic carbocycles. The van der Waals surface area contributed by atoms with Gasteiger partial charge in [0.05, 0.1) is 12.6 Å². The fourth-order valence-electron chi connectivity index (χ4n) is 5.37. The number of amides is 1. The summed E-state index contributed by atoms with van der Waals surface area (Å²) in [6.45, 7) is 2.07. The number of carbonyl (C=O) groups excluding carboxylic acids is 2. The number of hydrogen-bond donors (Lipinski definition) is 1. The second kappa shape index (κ2) is 9.49. The summed E-state index contributed by atoms with van der Waals surface area (Å²) in [7, 11) is 1.37. The maximum Gasteiger partial charge on any atom is 0.325 e. The van der Waals surface area contributed by atoms with E-state index in [0.29, 0.717) is 5.69 Å². The van der Waals surface area contributed by atoms with Crippen LogP contribution >= 0.6 is 0 Å². The number of carbonyl (C=O) groups is 2. The van der Waals surface area contributed by atoms with Gasteiger partial charge in [0.15, 0.2) is 0 Å². The Labute approximate surface area is 203 Å². The van der Waals surface area contributed by atoms with Crippen molar-refractivity contribution in [2.24, 2.45) is 0 Å². The highest BCUT2D eigenvalue weighted by Gasteiger charge is 2.29. The molecule has 1 amide bonds. The Balaban J connectivity index is 1.32. The van der Waals surface area contributed by atoms with Crippen molar-refractivity contribution < 1.29 is 18.7 Å². The summed E-state index contributed by atoms with van der Waals surface area (Å²) in [5.74, 6) is -0.565. The highest BCUT2D eigenvalue weighted by atomic mass is 19.1. The molecule has 2 heterocycles. The van der Waals surface area contributed by atoms with Crippen LogP contribution in [0.5, 0.6) is 0 Å². The molecule has 7 heteroatoms. The maximum absolute atomic E-state index is 14.2. The predicted octanol–water partition coefficient (Wildman–Crippen LogP) is 5.27. The molecule has 2 aromatic carbocycles. The number of nitrogens with one attached hydrogen (secondary N) is 1. The minimum Gasteiger partial charge on any atom is -0.468 e. The average Bonchev–Trinajstić information content (AvgIpc) is 3.14. The molecule has 35 heavy (non-hydrogen) atoms. The minimum absolute atomic E-state index is 0.0625. The van der Waals surface area contributed by atoms with Crippen molar-refractivity contribution >= 4 is 33.7 Å². The SMILES string of the molecule is COC(=O)Cn1c(C)c(C2CCC(NC(=O)c3ccc4ccccc4n3)CC2)c2cc(F)ccc21. The monoisotopic (exact) mass is 473 g/mol. The van der Waals surface area contributed by atoms with Crippen LogP contribution in [0.15, 0.2) is 54.6 Å². The molecule has 5 rings (SSSR count). The summed E-state index contributed by atoms with van der Waals surface area (Å²) < 4.78 is 20.9. The number of halogens is 1. The zero-order chi connectivity index (χ0) is 24.5. The van der Waals surface area contributed by atoms with Gasteiger partial charge in [-0.25, -0.2) is 9.37 Å². The first kappa shape index (κ1) is 23.0. The molecule has 0 atom stereocenters. The molecule has 1 saturated carbocycles. The summed E-state index contributed by atoms with van der Waals surface area (Å²) in [4.78, 5) is 29.4. The minimum atomic E-state index is -0.338. The van der Waals surface area contributed by atoms with Gasteiger partial charge < -0.3 is 14.6 Å². The Morgan fingerprint density at radius 3 is 2.63 bits per heavy atom. The van der Waals surface area contributed by atoms with Crippen LogP contribution in [0.3, 0.4) is 0 Å². The predicted molar refractivity (Wildman–Crippen MR) is 133 cm³/mol. The fourth-order valence-corrected chi connectivity index (χ4v) is 5.37. The molecule has 0 bridgehead atoms. The van der Waals surface area contributed by atoms with Gasteiger partial charge in [0.25, 0.3) is 5.91 Å². The lowest BCUT2D eigenvalue weighted by atomic mass is 9.80. The van der Waals surface area contributed by atoms with E-state index in [9.17, 15) is 14.0 Å². The van der Waals surface area contributed by atoms with Crippen LogP contribution < -0.4 is 5.32 Å². The lowest BCUT2D eigenvalue weighted by molar-refractivity contribution is -0.141. The number of rotatable bonds is 5. The molecule has 6 nitrogen and oxygen atoms in total. The van der Waals surface area contributed by atoms with E-state index in [2.05, 4.69) is 10.3 Å². The number of methoxy groups -OCH3 is 1. The molecule has 1 fully saturated rings. The van der Waals surface area contributed by atoms with E-state index in [-0.39, 0.29) is 36.2 Å². The van der Waals surface area contributed by atoms with E-state index in [1.807, 2.05) is 41.8 Å². The zero-order valence-electron chi connectivity index (χ0n) is 19.9. The van der Waals surface area contributed by atoms with Crippen LogP contribution in [0.2, 0.25) is 0 Å². The number of fused-ring (bicyclic) bond motifs is 2. The first-order valence-corrected chi connectivity index (χ1v) is 12.0. The van der Waals surface area contributed by atoms with Crippen molar-refractivity contribution in [1.29, 1.82) is 0 Å². The maximum atomic E-state index is 14.2. The topological polar surface area (TPSA) is 73.2 Å². The third-order valence-electron chi connectivity index (χ3n) is 7.15. The van der Waals surface area contributed by atoms with E-state index in [1.165, 1.54) is 13.2 Å². The Morgan fingerprint density at radius 2 is 1.86 bits per heavy atom. The largest absolute Gasteiger partial charge is 0.468 e. The molecule has 0 saturated heterocycles. The molecule has 1 aliphatic rings. The molecule has 4 aromatic rings. The van der Waals surface area contributed by atoms with E-state index in [4.69, 9.17) is 4.74 Å². The van der Waals surface area contributed by atoms with Crippen LogP contribution in [0.25, 0.3) is 21.8 Å². The lowest BCUT2D eigenvalue weighted by Gasteiger charge is -2.29. The molecule has 0 radical (unpaired) electrons. The standard InChI is InChI=1S/C28H28FN3O3/c1-17-27(22-15-20(29)10-14-25(22)32(17)16-26(33)35-2)19-7-11-21(12-8-19)30-28(34)24-13-9-18-5-3-4-6-23(18)31-24/h3-6,9-10,13-15,19,21H,7-8,11-12,16H2,1-2H3,(H,30,34). The second-order valence-corrected chi connectivity index (χ2v) is 9.23. The van der Waals surface area contributed by atoms with Gasteiger partial charge in [-0.2, -0.15) is 0 Å². The number of pyridine rings is 1. The zero-order valence-corrected chi connectivity index (χ0v) is 19.9. The molecule has 0 spiro atoms. The van der Waals surface area contributed by atoms with Gasteiger partial charge in [-0.1, -0.05) is 24.3 Å². The van der Waals surface area contributed by atoms with Crippen LogP contribution in [0.1, 0.15) is 53.3 Å². The van der Waals surface area contributed by atoms with Crippen LogP contribution in [0, 0.1) is 12.7 Å². The Morgan fingerprint density at radius 1 is 1.09 bits per heavy atom. The quantitative estimate of drug-likeness (QED) is 0.401. The number of esters is 1. The van der Waals surface area contributed by atoms with Crippen molar-refractivity contribution in [3.05, 3.63) is 77.4 Å². The number of para-hydroxylation sites is 1. The number of hydrogen-bond acceptors (Lipinski definition) is 4. The Hall–Kier alpha value is -3.74. The molecule has 0 unspecified atom stereocenters. The van der Waals surface area contributed by atoms with Crippen LogP contribution in [-0.2, 0) is 16.1 Å². The van der Waals surface area contributed by atoms with Gasteiger partial charge in [-0.15, -0.1) is 0 Å². The Kier molecular flexibility index (Phi) is 6.24. The molecular weight excluding hydrogens is 445 g/mol. The summed E-state index contributed by atoms with van der Waals surface area (Å²) in [6, 6.07) is 16.2. The van der Waals surface area contributed by atoms with Crippen LogP contribution in [-0.4, -0.2) is 34.6 Å². The van der Waals surface area contributed by atoms with E-state index < -0.39 is 0 Å². The van der Waals surface area contributed by atoms with Gasteiger partial charge in [-0.3, -0.25) is 9.59 Å². The highest BCUT2D eigenvalue weighted by molar-refractivity contribution is 5.95. The van der Waals surface area contributed by atoms with Crippen molar-refractivity contribution in [3.8, 4) is 0 Å². The number of nitrogens with zero attached hydrogens (tertiary/aromatic N) is 2. The third kappa shape index (κ3) is 4.50. The van der Waals surface area contributed by atoms with Gasteiger partial charge in [-0.05, 0) is 74.4 Å². The first-order valence-electron chi connectivity index (χ1n) is 12.0. The number of benzene rings is 2. The summed E-state index contributed by atoms with van der Waals surface area (Å²) in [6.07, 6.45) is 3.38. The Bertz CT molecular complexity index is 1420. The normalized spacial score (nSPS) is 18.0. The van der Waals surface area contributed by atoms with Gasteiger partial charge in [0.1, 0.15) is 18.1 Å². The van der Waals surface area contributed by atoms with Crippen LogP contribution in [0.4, 0.5) is 4.39 Å². The van der Waals surface area contributed by atoms with Gasteiger partial charge in [0.2, 0.25) is 0 Å². The molecule has 2 aromatic heterocycles. The highest BCUT2D eigenvalue weighted by Crippen LogP contribution is 2.40. The first-order chi connectivity index (χ1) is 16.9. The molecule has 180 valence electrons. The van der Waals surface area contributed by atoms with Gasteiger partial charge in [0, 0.05) is 28.0 Å². The molecule has 1 N–H and O–H groups in total. The van der Waals surface area contributed by atoms with Crippen molar-refractivity contribution in [2.45, 2.75) is 51.1 Å². The number of aromatic nitrogens is 2.